The van der Waals surface area contributed by atoms with Gasteiger partial charge < -0.3 is 9.80 Å². The van der Waals surface area contributed by atoms with E-state index in [0.717, 1.165) is 43.8 Å². The van der Waals surface area contributed by atoms with E-state index in [1.165, 1.54) is 16.4 Å². The van der Waals surface area contributed by atoms with Crippen molar-refractivity contribution in [1.82, 2.24) is 14.2 Å². The number of benzene rings is 1. The van der Waals surface area contributed by atoms with Gasteiger partial charge in [-0.25, -0.2) is 12.8 Å². The monoisotopic (exact) mass is 432 g/mol. The molecule has 1 aromatic heterocycles. The van der Waals surface area contributed by atoms with E-state index in [4.69, 9.17) is 0 Å². The van der Waals surface area contributed by atoms with E-state index in [0.29, 0.717) is 25.2 Å². The smallest absolute Gasteiger partial charge is 0.272 e. The Morgan fingerprint density at radius 2 is 1.63 bits per heavy atom. The molecular weight excluding hydrogens is 407 g/mol. The van der Waals surface area contributed by atoms with E-state index in [1.807, 2.05) is 12.1 Å². The van der Waals surface area contributed by atoms with Crippen molar-refractivity contribution < 1.29 is 17.6 Å². The van der Waals surface area contributed by atoms with Gasteiger partial charge >= 0.3 is 0 Å². The van der Waals surface area contributed by atoms with E-state index in [9.17, 15) is 17.6 Å². The number of hydrogen-bond donors (Lipinski definition) is 0. The third-order valence-electron chi connectivity index (χ3n) is 5.63. The Bertz CT molecular complexity index is 1010. The van der Waals surface area contributed by atoms with Crippen molar-refractivity contribution >= 4 is 21.6 Å². The first-order chi connectivity index (χ1) is 14.4. The molecule has 0 spiro atoms. The van der Waals surface area contributed by atoms with Crippen LogP contribution in [0.15, 0.2) is 47.5 Å². The highest BCUT2D eigenvalue weighted by Gasteiger charge is 2.29. The van der Waals surface area contributed by atoms with Crippen LogP contribution in [0, 0.1) is 5.82 Å². The summed E-state index contributed by atoms with van der Waals surface area (Å²) < 4.78 is 40.3. The first kappa shape index (κ1) is 20.7. The Balaban J connectivity index is 1.46. The van der Waals surface area contributed by atoms with Crippen LogP contribution in [-0.4, -0.2) is 67.8 Å². The molecule has 0 bridgehead atoms. The fourth-order valence-electron chi connectivity index (χ4n) is 3.96. The molecule has 4 rings (SSSR count). The Kier molecular flexibility index (Phi) is 6.01. The highest BCUT2D eigenvalue weighted by Crippen LogP contribution is 2.22. The minimum atomic E-state index is -3.73. The largest absolute Gasteiger partial charge is 0.371 e. The van der Waals surface area contributed by atoms with Crippen molar-refractivity contribution in [3.63, 3.8) is 0 Å². The lowest BCUT2D eigenvalue weighted by Gasteiger charge is -2.22. The Morgan fingerprint density at radius 1 is 0.900 bits per heavy atom. The van der Waals surface area contributed by atoms with Crippen LogP contribution in [0.5, 0.6) is 0 Å². The average molecular weight is 433 g/mol. The first-order valence-electron chi connectivity index (χ1n) is 10.2. The van der Waals surface area contributed by atoms with Crippen LogP contribution in [0.2, 0.25) is 0 Å². The molecule has 2 aliphatic heterocycles. The molecule has 1 amide bonds. The first-order valence-corrected chi connectivity index (χ1v) is 11.7. The van der Waals surface area contributed by atoms with Gasteiger partial charge in [0.25, 0.3) is 5.91 Å². The molecular formula is C21H25FN4O3S. The van der Waals surface area contributed by atoms with Gasteiger partial charge in [-0.2, -0.15) is 4.31 Å². The van der Waals surface area contributed by atoms with Crippen LogP contribution in [0.3, 0.4) is 0 Å². The van der Waals surface area contributed by atoms with Crippen LogP contribution in [0.1, 0.15) is 29.8 Å². The standard InChI is InChI=1S/C21H25FN4O3S/c22-17-4-6-19(7-5-17)30(28,29)26-13-3-12-25(14-15-26)21(27)20-16-18(8-9-23-20)24-10-1-2-11-24/h4-9,16H,1-3,10-15H2. The fourth-order valence-corrected chi connectivity index (χ4v) is 5.43. The maximum Gasteiger partial charge on any atom is 0.272 e. The minimum Gasteiger partial charge on any atom is -0.371 e. The second-order valence-corrected chi connectivity index (χ2v) is 9.54. The second kappa shape index (κ2) is 8.69. The molecule has 0 radical (unpaired) electrons. The van der Waals surface area contributed by atoms with Crippen molar-refractivity contribution in [3.05, 3.63) is 54.1 Å². The number of sulfonamides is 1. The third-order valence-corrected chi connectivity index (χ3v) is 7.54. The lowest BCUT2D eigenvalue weighted by Crippen LogP contribution is -2.37. The van der Waals surface area contributed by atoms with Gasteiger partial charge in [-0.3, -0.25) is 9.78 Å². The summed E-state index contributed by atoms with van der Waals surface area (Å²) in [5.74, 6) is -0.665. The van der Waals surface area contributed by atoms with Gasteiger partial charge in [-0.1, -0.05) is 0 Å². The number of carbonyl (C=O) groups excluding carboxylic acids is 1. The number of hydrogen-bond acceptors (Lipinski definition) is 5. The summed E-state index contributed by atoms with van der Waals surface area (Å²) in [6, 6.07) is 8.56. The maximum atomic E-state index is 13.1. The molecule has 0 aliphatic carbocycles. The average Bonchev–Trinajstić information content (AvgIpc) is 3.18. The zero-order valence-electron chi connectivity index (χ0n) is 16.7. The summed E-state index contributed by atoms with van der Waals surface area (Å²) in [6.45, 7) is 3.22. The third kappa shape index (κ3) is 4.32. The molecule has 0 saturated carbocycles. The summed E-state index contributed by atoms with van der Waals surface area (Å²) in [4.78, 5) is 21.2. The van der Waals surface area contributed by atoms with E-state index >= 15 is 0 Å². The van der Waals surface area contributed by atoms with Gasteiger partial charge in [0.2, 0.25) is 10.0 Å². The number of nitrogens with zero attached hydrogens (tertiary/aromatic N) is 4. The summed E-state index contributed by atoms with van der Waals surface area (Å²) in [5, 5.41) is 0. The highest BCUT2D eigenvalue weighted by molar-refractivity contribution is 7.89. The topological polar surface area (TPSA) is 73.8 Å². The molecule has 2 aromatic rings. The van der Waals surface area contributed by atoms with Crippen molar-refractivity contribution in [2.75, 3.05) is 44.2 Å². The van der Waals surface area contributed by atoms with E-state index in [1.54, 1.807) is 11.1 Å². The quantitative estimate of drug-likeness (QED) is 0.742. The molecule has 2 fully saturated rings. The summed E-state index contributed by atoms with van der Waals surface area (Å²) in [5.41, 5.74) is 1.38. The van der Waals surface area contributed by atoms with Crippen LogP contribution in [0.25, 0.3) is 0 Å². The number of pyridine rings is 1. The van der Waals surface area contributed by atoms with E-state index < -0.39 is 15.8 Å². The van der Waals surface area contributed by atoms with Crippen LogP contribution in [-0.2, 0) is 10.0 Å². The van der Waals surface area contributed by atoms with Gasteiger partial charge in [-0.05, 0) is 55.7 Å². The molecule has 9 heteroatoms. The fraction of sp³-hybridized carbons (Fsp3) is 0.429. The number of anilines is 1. The lowest BCUT2D eigenvalue weighted by atomic mass is 10.2. The van der Waals surface area contributed by atoms with Crippen molar-refractivity contribution in [2.45, 2.75) is 24.2 Å². The molecule has 2 aliphatic rings. The molecule has 3 heterocycles. The predicted octanol–water partition coefficient (Wildman–Crippen LogP) is 2.36. The number of carbonyl (C=O) groups is 1. The number of aromatic nitrogens is 1. The molecule has 0 unspecified atom stereocenters. The normalized spacial score (nSPS) is 18.4. The zero-order chi connectivity index (χ0) is 21.1. The Morgan fingerprint density at radius 3 is 2.37 bits per heavy atom. The molecule has 1 aromatic carbocycles. The van der Waals surface area contributed by atoms with Crippen molar-refractivity contribution in [2.24, 2.45) is 0 Å². The van der Waals surface area contributed by atoms with Gasteiger partial charge in [0, 0.05) is 51.2 Å². The van der Waals surface area contributed by atoms with E-state index in [2.05, 4.69) is 9.88 Å². The van der Waals surface area contributed by atoms with Gasteiger partial charge in [0.15, 0.2) is 0 Å². The SMILES string of the molecule is O=C(c1cc(N2CCCC2)ccn1)N1CCCN(S(=O)(=O)c2ccc(F)cc2)CC1. The van der Waals surface area contributed by atoms with Crippen LogP contribution in [0.4, 0.5) is 10.1 Å². The highest BCUT2D eigenvalue weighted by atomic mass is 32.2. The lowest BCUT2D eigenvalue weighted by molar-refractivity contribution is 0.0758. The molecule has 160 valence electrons. The maximum absolute atomic E-state index is 13.1. The van der Waals surface area contributed by atoms with Crippen molar-refractivity contribution in [3.8, 4) is 0 Å². The molecule has 0 N–H and O–H groups in total. The van der Waals surface area contributed by atoms with Crippen LogP contribution < -0.4 is 4.90 Å². The molecule has 0 atom stereocenters. The van der Waals surface area contributed by atoms with Gasteiger partial charge in [0.1, 0.15) is 11.5 Å². The van der Waals surface area contributed by atoms with Crippen LogP contribution >= 0.6 is 0 Å². The molecule has 2 saturated heterocycles. The van der Waals surface area contributed by atoms with E-state index in [-0.39, 0.29) is 23.9 Å². The number of amides is 1. The summed E-state index contributed by atoms with van der Waals surface area (Å²) in [7, 11) is -3.73. The minimum absolute atomic E-state index is 0.0589. The molecule has 7 nitrogen and oxygen atoms in total. The van der Waals surface area contributed by atoms with Gasteiger partial charge in [0.05, 0.1) is 4.90 Å². The summed E-state index contributed by atoms with van der Waals surface area (Å²) in [6.07, 6.45) is 4.48. The summed E-state index contributed by atoms with van der Waals surface area (Å²) >= 11 is 0. The number of rotatable bonds is 4. The Labute approximate surface area is 176 Å². The van der Waals surface area contributed by atoms with Gasteiger partial charge in [-0.15, -0.1) is 0 Å². The zero-order valence-corrected chi connectivity index (χ0v) is 17.5. The molecule has 30 heavy (non-hydrogen) atoms. The van der Waals surface area contributed by atoms with Crippen molar-refractivity contribution in [1.29, 1.82) is 0 Å². The Hall–Kier alpha value is -2.52. The predicted molar refractivity (Wildman–Crippen MR) is 111 cm³/mol. The second-order valence-electron chi connectivity index (χ2n) is 7.60. The number of halogens is 1.